The molecule has 0 amide bonds. The maximum Gasteiger partial charge on any atom is 0.216 e. The lowest BCUT2D eigenvalue weighted by molar-refractivity contribution is 0.520. The maximum atomic E-state index is 13.6. The van der Waals surface area contributed by atoms with Crippen LogP contribution in [0.15, 0.2) is 29.8 Å². The van der Waals surface area contributed by atoms with Gasteiger partial charge in [-0.3, -0.25) is 0 Å². The van der Waals surface area contributed by atoms with E-state index in [2.05, 4.69) is 9.71 Å². The van der Waals surface area contributed by atoms with Crippen LogP contribution in [-0.2, 0) is 15.8 Å². The Hall–Kier alpha value is -1.38. The molecule has 0 radical (unpaired) electrons. The smallest absolute Gasteiger partial charge is 0.216 e. The van der Waals surface area contributed by atoms with E-state index in [0.29, 0.717) is 5.01 Å². The van der Waals surface area contributed by atoms with Crippen LogP contribution in [0.4, 0.5) is 8.78 Å². The van der Waals surface area contributed by atoms with Crippen molar-refractivity contribution in [1.82, 2.24) is 9.71 Å². The Morgan fingerprint density at radius 1 is 1.32 bits per heavy atom. The van der Waals surface area contributed by atoms with Gasteiger partial charge in [-0.15, -0.1) is 11.3 Å². The van der Waals surface area contributed by atoms with Crippen molar-refractivity contribution in [3.05, 3.63) is 52.0 Å². The monoisotopic (exact) mass is 344 g/mol. The van der Waals surface area contributed by atoms with E-state index in [-0.39, 0.29) is 5.92 Å². The molecule has 1 heterocycles. The zero-order valence-corrected chi connectivity index (χ0v) is 13.1. The standard InChI is InChI=1S/C14H14F2N2O2S2/c15-11-2-1-3-12(16)10(11)8-22(19,20)18-13(9-4-5-9)14-17-6-7-21-14/h1-3,6-7,9,13,18H,4-5,8H2. The number of thiazole rings is 1. The molecule has 4 nitrogen and oxygen atoms in total. The Labute approximate surface area is 131 Å². The van der Waals surface area contributed by atoms with E-state index in [4.69, 9.17) is 0 Å². The molecule has 2 aromatic rings. The van der Waals surface area contributed by atoms with Crippen LogP contribution in [0.5, 0.6) is 0 Å². The largest absolute Gasteiger partial charge is 0.248 e. The Morgan fingerprint density at radius 2 is 2.00 bits per heavy atom. The second kappa shape index (κ2) is 6.02. The Balaban J connectivity index is 1.81. The molecule has 22 heavy (non-hydrogen) atoms. The third-order valence-electron chi connectivity index (χ3n) is 3.51. The number of halogens is 2. The van der Waals surface area contributed by atoms with Gasteiger partial charge in [-0.05, 0) is 30.9 Å². The van der Waals surface area contributed by atoms with Crippen molar-refractivity contribution in [3.8, 4) is 0 Å². The Kier molecular flexibility index (Phi) is 4.24. The summed E-state index contributed by atoms with van der Waals surface area (Å²) < 4.78 is 54.3. The SMILES string of the molecule is O=S(=O)(Cc1c(F)cccc1F)NC(c1nccs1)C1CC1. The van der Waals surface area contributed by atoms with E-state index in [9.17, 15) is 17.2 Å². The van der Waals surface area contributed by atoms with E-state index in [1.165, 1.54) is 17.4 Å². The summed E-state index contributed by atoms with van der Waals surface area (Å²) in [5, 5.41) is 2.45. The predicted molar refractivity (Wildman–Crippen MR) is 79.7 cm³/mol. The van der Waals surface area contributed by atoms with Gasteiger partial charge in [-0.25, -0.2) is 26.9 Å². The fourth-order valence-corrected chi connectivity index (χ4v) is 4.55. The molecule has 3 rings (SSSR count). The highest BCUT2D eigenvalue weighted by atomic mass is 32.2. The van der Waals surface area contributed by atoms with E-state index in [0.717, 1.165) is 25.0 Å². The van der Waals surface area contributed by atoms with Crippen LogP contribution in [0.2, 0.25) is 0 Å². The predicted octanol–water partition coefficient (Wildman–Crippen LogP) is 2.99. The molecule has 1 atom stereocenters. The van der Waals surface area contributed by atoms with Crippen LogP contribution in [0, 0.1) is 17.6 Å². The first-order valence-corrected chi connectivity index (χ1v) is 9.32. The first-order chi connectivity index (χ1) is 10.5. The summed E-state index contributed by atoms with van der Waals surface area (Å²) in [5.74, 6) is -2.24. The molecule has 0 spiro atoms. The first kappa shape index (κ1) is 15.5. The van der Waals surface area contributed by atoms with Crippen molar-refractivity contribution in [1.29, 1.82) is 0 Å². The van der Waals surface area contributed by atoms with Gasteiger partial charge in [0, 0.05) is 17.1 Å². The highest BCUT2D eigenvalue weighted by Gasteiger charge is 2.36. The molecule has 1 aromatic heterocycles. The third kappa shape index (κ3) is 3.50. The molecule has 1 fully saturated rings. The van der Waals surface area contributed by atoms with Crippen LogP contribution >= 0.6 is 11.3 Å². The van der Waals surface area contributed by atoms with Crippen LogP contribution in [0.1, 0.15) is 29.5 Å². The van der Waals surface area contributed by atoms with E-state index in [1.807, 2.05) is 0 Å². The molecule has 0 aliphatic heterocycles. The minimum atomic E-state index is -3.87. The summed E-state index contributed by atoms with van der Waals surface area (Å²) in [5.41, 5.74) is -0.441. The summed E-state index contributed by atoms with van der Waals surface area (Å²) in [4.78, 5) is 4.15. The molecule has 1 aromatic carbocycles. The fraction of sp³-hybridized carbons (Fsp3) is 0.357. The van der Waals surface area contributed by atoms with Crippen LogP contribution in [-0.4, -0.2) is 13.4 Å². The van der Waals surface area contributed by atoms with Gasteiger partial charge < -0.3 is 0 Å². The Morgan fingerprint density at radius 3 is 2.55 bits per heavy atom. The average molecular weight is 344 g/mol. The molecule has 0 bridgehead atoms. The van der Waals surface area contributed by atoms with Gasteiger partial charge in [0.2, 0.25) is 10.0 Å². The van der Waals surface area contributed by atoms with Gasteiger partial charge in [-0.2, -0.15) is 0 Å². The average Bonchev–Trinajstić information content (AvgIpc) is 3.15. The van der Waals surface area contributed by atoms with Crippen molar-refractivity contribution < 1.29 is 17.2 Å². The molecule has 1 unspecified atom stereocenters. The minimum Gasteiger partial charge on any atom is -0.248 e. The van der Waals surface area contributed by atoms with Crippen molar-refractivity contribution >= 4 is 21.4 Å². The number of rotatable bonds is 6. The van der Waals surface area contributed by atoms with Crippen molar-refractivity contribution in [2.24, 2.45) is 5.92 Å². The topological polar surface area (TPSA) is 59.1 Å². The zero-order valence-electron chi connectivity index (χ0n) is 11.5. The number of hydrogen-bond acceptors (Lipinski definition) is 4. The quantitative estimate of drug-likeness (QED) is 0.876. The van der Waals surface area contributed by atoms with Crippen LogP contribution in [0.25, 0.3) is 0 Å². The third-order valence-corrected chi connectivity index (χ3v) is 5.65. The Bertz CT molecular complexity index is 739. The summed E-state index contributed by atoms with van der Waals surface area (Å²) in [6.45, 7) is 0. The number of aromatic nitrogens is 1. The summed E-state index contributed by atoms with van der Waals surface area (Å²) in [6, 6.07) is 2.89. The number of hydrogen-bond donors (Lipinski definition) is 1. The summed E-state index contributed by atoms with van der Waals surface area (Å²) >= 11 is 1.37. The molecule has 1 N–H and O–H groups in total. The van der Waals surface area contributed by atoms with Gasteiger partial charge in [0.15, 0.2) is 0 Å². The van der Waals surface area contributed by atoms with Crippen LogP contribution < -0.4 is 4.72 Å². The van der Waals surface area contributed by atoms with E-state index in [1.54, 1.807) is 11.6 Å². The van der Waals surface area contributed by atoms with E-state index < -0.39 is 39.0 Å². The molecular weight excluding hydrogens is 330 g/mol. The lowest BCUT2D eigenvalue weighted by Crippen LogP contribution is -2.31. The second-order valence-electron chi connectivity index (χ2n) is 5.26. The molecule has 1 aliphatic carbocycles. The highest BCUT2D eigenvalue weighted by Crippen LogP contribution is 2.42. The number of nitrogens with one attached hydrogen (secondary N) is 1. The number of benzene rings is 1. The van der Waals surface area contributed by atoms with Crippen molar-refractivity contribution in [3.63, 3.8) is 0 Å². The molecule has 8 heteroatoms. The highest BCUT2D eigenvalue weighted by molar-refractivity contribution is 7.88. The van der Waals surface area contributed by atoms with Gasteiger partial charge in [0.1, 0.15) is 16.6 Å². The summed E-state index contributed by atoms with van der Waals surface area (Å²) in [6.07, 6.45) is 3.45. The lowest BCUT2D eigenvalue weighted by Gasteiger charge is -2.16. The van der Waals surface area contributed by atoms with Gasteiger partial charge in [0.05, 0.1) is 11.8 Å². The van der Waals surface area contributed by atoms with Gasteiger partial charge in [0.25, 0.3) is 0 Å². The lowest BCUT2D eigenvalue weighted by atomic mass is 10.2. The molecule has 1 saturated carbocycles. The van der Waals surface area contributed by atoms with Crippen molar-refractivity contribution in [2.75, 3.05) is 0 Å². The second-order valence-corrected chi connectivity index (χ2v) is 7.94. The first-order valence-electron chi connectivity index (χ1n) is 6.78. The minimum absolute atomic E-state index is 0.200. The molecule has 118 valence electrons. The molecule has 1 aliphatic rings. The van der Waals surface area contributed by atoms with Gasteiger partial charge in [-0.1, -0.05) is 6.07 Å². The van der Waals surface area contributed by atoms with Gasteiger partial charge >= 0.3 is 0 Å². The number of nitrogens with zero attached hydrogens (tertiary/aromatic N) is 1. The molecule has 0 saturated heterocycles. The summed E-state index contributed by atoms with van der Waals surface area (Å²) in [7, 11) is -3.87. The van der Waals surface area contributed by atoms with E-state index >= 15 is 0 Å². The normalized spacial score (nSPS) is 16.6. The van der Waals surface area contributed by atoms with Crippen molar-refractivity contribution in [2.45, 2.75) is 24.6 Å². The van der Waals surface area contributed by atoms with Crippen LogP contribution in [0.3, 0.4) is 0 Å². The fourth-order valence-electron chi connectivity index (χ4n) is 2.26. The zero-order chi connectivity index (χ0) is 15.7. The number of sulfonamides is 1. The molecular formula is C14H14F2N2O2S2. The maximum absolute atomic E-state index is 13.6.